The monoisotopic (exact) mass is 300 g/mol. The van der Waals surface area contributed by atoms with Gasteiger partial charge in [-0.3, -0.25) is 9.59 Å². The minimum absolute atomic E-state index is 0.0227. The van der Waals surface area contributed by atoms with E-state index in [-0.39, 0.29) is 29.3 Å². The van der Waals surface area contributed by atoms with Crippen molar-refractivity contribution in [1.29, 1.82) is 0 Å². The number of nitrogens with two attached hydrogens (primary N) is 1. The summed E-state index contributed by atoms with van der Waals surface area (Å²) in [5.41, 5.74) is 6.11. The Kier molecular flexibility index (Phi) is 8.55. The van der Waals surface area contributed by atoms with Gasteiger partial charge in [-0.15, -0.1) is 0 Å². The number of carboxylic acid groups (broad SMARTS) is 1. The predicted octanol–water partition coefficient (Wildman–Crippen LogP) is 2.54. The first-order valence-electron chi connectivity index (χ1n) is 7.79. The van der Waals surface area contributed by atoms with E-state index in [4.69, 9.17) is 10.8 Å². The first kappa shape index (κ1) is 19.9. The molecule has 0 spiro atoms. The zero-order chi connectivity index (χ0) is 16.6. The maximum atomic E-state index is 11.9. The van der Waals surface area contributed by atoms with Gasteiger partial charge in [-0.1, -0.05) is 34.1 Å². The van der Waals surface area contributed by atoms with Crippen molar-refractivity contribution in [1.82, 2.24) is 5.32 Å². The second-order valence-electron chi connectivity index (χ2n) is 7.37. The molecule has 0 aromatic heterocycles. The zero-order valence-electron chi connectivity index (χ0n) is 14.1. The number of hydrogen-bond acceptors (Lipinski definition) is 3. The van der Waals surface area contributed by atoms with E-state index in [0.717, 1.165) is 19.3 Å². The van der Waals surface area contributed by atoms with Gasteiger partial charge >= 0.3 is 5.97 Å². The minimum atomic E-state index is -0.764. The van der Waals surface area contributed by atoms with Crippen molar-refractivity contribution in [2.45, 2.75) is 78.8 Å². The van der Waals surface area contributed by atoms with Crippen molar-refractivity contribution >= 4 is 11.9 Å². The van der Waals surface area contributed by atoms with Gasteiger partial charge in [-0.2, -0.15) is 0 Å². The summed E-state index contributed by atoms with van der Waals surface area (Å²) < 4.78 is 0. The van der Waals surface area contributed by atoms with Gasteiger partial charge in [0.05, 0.1) is 5.92 Å². The van der Waals surface area contributed by atoms with Crippen molar-refractivity contribution in [2.75, 3.05) is 0 Å². The Labute approximate surface area is 128 Å². The van der Waals surface area contributed by atoms with Crippen molar-refractivity contribution in [2.24, 2.45) is 17.1 Å². The molecule has 0 aromatic rings. The number of rotatable bonds is 9. The van der Waals surface area contributed by atoms with Crippen LogP contribution < -0.4 is 11.1 Å². The van der Waals surface area contributed by atoms with Gasteiger partial charge in [0, 0.05) is 18.5 Å². The minimum Gasteiger partial charge on any atom is -0.481 e. The molecule has 3 unspecified atom stereocenters. The van der Waals surface area contributed by atoms with Crippen LogP contribution in [-0.2, 0) is 9.59 Å². The van der Waals surface area contributed by atoms with Gasteiger partial charge in [-0.25, -0.2) is 0 Å². The number of aliphatic carboxylic acids is 1. The summed E-state index contributed by atoms with van der Waals surface area (Å²) in [6, 6.07) is -0.0652. The molecule has 0 aliphatic rings. The molecule has 0 radical (unpaired) electrons. The summed E-state index contributed by atoms with van der Waals surface area (Å²) in [6.07, 6.45) is 3.37. The number of carbonyl (C=O) groups excluding carboxylic acids is 1. The van der Waals surface area contributed by atoms with E-state index < -0.39 is 5.97 Å². The topological polar surface area (TPSA) is 92.4 Å². The highest BCUT2D eigenvalue weighted by Gasteiger charge is 2.19. The first-order valence-corrected chi connectivity index (χ1v) is 7.79. The summed E-state index contributed by atoms with van der Waals surface area (Å²) >= 11 is 0. The largest absolute Gasteiger partial charge is 0.481 e. The van der Waals surface area contributed by atoms with Crippen LogP contribution in [0.2, 0.25) is 0 Å². The molecule has 21 heavy (non-hydrogen) atoms. The SMILES string of the molecule is CC(CCCC(C)C(=O)O)NC(=O)CC(N)CC(C)(C)C. The third-order valence-electron chi connectivity index (χ3n) is 3.43. The molecule has 0 aliphatic heterocycles. The number of amides is 1. The quantitative estimate of drug-likeness (QED) is 0.610. The molecular weight excluding hydrogens is 268 g/mol. The van der Waals surface area contributed by atoms with E-state index in [0.29, 0.717) is 12.8 Å². The number of carbonyl (C=O) groups is 2. The average molecular weight is 300 g/mol. The zero-order valence-corrected chi connectivity index (χ0v) is 14.1. The van der Waals surface area contributed by atoms with E-state index in [1.807, 2.05) is 6.92 Å². The molecule has 0 fully saturated rings. The van der Waals surface area contributed by atoms with Gasteiger partial charge in [0.25, 0.3) is 0 Å². The normalized spacial score (nSPS) is 16.1. The lowest BCUT2D eigenvalue weighted by molar-refractivity contribution is -0.141. The summed E-state index contributed by atoms with van der Waals surface area (Å²) in [5, 5.41) is 11.7. The van der Waals surface area contributed by atoms with Crippen LogP contribution in [0, 0.1) is 11.3 Å². The van der Waals surface area contributed by atoms with Crippen LogP contribution in [0.4, 0.5) is 0 Å². The number of carboxylic acids is 1. The standard InChI is InChI=1S/C16H32N2O3/c1-11(15(20)21)7-6-8-12(2)18-14(19)9-13(17)10-16(3,4)5/h11-13H,6-10,17H2,1-5H3,(H,18,19)(H,20,21). The Morgan fingerprint density at radius 3 is 2.24 bits per heavy atom. The van der Waals surface area contributed by atoms with Crippen LogP contribution in [-0.4, -0.2) is 29.1 Å². The highest BCUT2D eigenvalue weighted by molar-refractivity contribution is 5.76. The lowest BCUT2D eigenvalue weighted by Gasteiger charge is -2.23. The third-order valence-corrected chi connectivity index (χ3v) is 3.43. The van der Waals surface area contributed by atoms with Crippen LogP contribution in [0.1, 0.15) is 66.7 Å². The lowest BCUT2D eigenvalue weighted by Crippen LogP contribution is -2.38. The molecule has 0 aliphatic carbocycles. The molecule has 0 bridgehead atoms. The summed E-state index contributed by atoms with van der Waals surface area (Å²) in [7, 11) is 0. The number of nitrogens with one attached hydrogen (secondary N) is 1. The van der Waals surface area contributed by atoms with Gasteiger partial charge in [0.1, 0.15) is 0 Å². The molecule has 1 amide bonds. The Balaban J connectivity index is 3.91. The highest BCUT2D eigenvalue weighted by atomic mass is 16.4. The van der Waals surface area contributed by atoms with Crippen LogP contribution in [0.5, 0.6) is 0 Å². The maximum Gasteiger partial charge on any atom is 0.306 e. The molecule has 5 nitrogen and oxygen atoms in total. The van der Waals surface area contributed by atoms with Crippen molar-refractivity contribution in [3.05, 3.63) is 0 Å². The molecule has 0 rings (SSSR count). The third kappa shape index (κ3) is 11.3. The smallest absolute Gasteiger partial charge is 0.306 e. The molecule has 3 atom stereocenters. The highest BCUT2D eigenvalue weighted by Crippen LogP contribution is 2.21. The summed E-state index contributed by atoms with van der Waals surface area (Å²) in [5.74, 6) is -1.11. The molecule has 0 saturated carbocycles. The fourth-order valence-electron chi connectivity index (χ4n) is 2.36. The van der Waals surface area contributed by atoms with Crippen molar-refractivity contribution in [3.63, 3.8) is 0 Å². The maximum absolute atomic E-state index is 11.9. The van der Waals surface area contributed by atoms with E-state index in [1.165, 1.54) is 0 Å². The molecule has 0 heterocycles. The van der Waals surface area contributed by atoms with Crippen LogP contribution in [0.15, 0.2) is 0 Å². The summed E-state index contributed by atoms with van der Waals surface area (Å²) in [6.45, 7) is 9.97. The fourth-order valence-corrected chi connectivity index (χ4v) is 2.36. The van der Waals surface area contributed by atoms with E-state index in [9.17, 15) is 9.59 Å². The van der Waals surface area contributed by atoms with Crippen molar-refractivity contribution < 1.29 is 14.7 Å². The molecular formula is C16H32N2O3. The number of hydrogen-bond donors (Lipinski definition) is 3. The van der Waals surface area contributed by atoms with Crippen LogP contribution in [0.3, 0.4) is 0 Å². The van der Waals surface area contributed by atoms with Gasteiger partial charge < -0.3 is 16.2 Å². The molecule has 0 saturated heterocycles. The van der Waals surface area contributed by atoms with Crippen LogP contribution >= 0.6 is 0 Å². The Morgan fingerprint density at radius 1 is 1.19 bits per heavy atom. The molecule has 0 aromatic carbocycles. The molecule has 4 N–H and O–H groups in total. The van der Waals surface area contributed by atoms with E-state index in [2.05, 4.69) is 26.1 Å². The first-order chi connectivity index (χ1) is 9.51. The Bertz CT molecular complexity index is 337. The van der Waals surface area contributed by atoms with Gasteiger partial charge in [-0.05, 0) is 31.6 Å². The van der Waals surface area contributed by atoms with Crippen LogP contribution in [0.25, 0.3) is 0 Å². The van der Waals surface area contributed by atoms with Gasteiger partial charge in [0.2, 0.25) is 5.91 Å². The van der Waals surface area contributed by atoms with E-state index in [1.54, 1.807) is 6.92 Å². The fraction of sp³-hybridized carbons (Fsp3) is 0.875. The lowest BCUT2D eigenvalue weighted by atomic mass is 9.87. The van der Waals surface area contributed by atoms with E-state index >= 15 is 0 Å². The Morgan fingerprint density at radius 2 is 1.76 bits per heavy atom. The Hall–Kier alpha value is -1.10. The van der Waals surface area contributed by atoms with Gasteiger partial charge in [0.15, 0.2) is 0 Å². The second kappa shape index (κ2) is 9.03. The second-order valence-corrected chi connectivity index (χ2v) is 7.37. The molecule has 124 valence electrons. The average Bonchev–Trinajstić information content (AvgIpc) is 2.24. The summed E-state index contributed by atoms with van der Waals surface area (Å²) in [4.78, 5) is 22.6. The predicted molar refractivity (Wildman–Crippen MR) is 84.9 cm³/mol. The molecule has 5 heteroatoms. The van der Waals surface area contributed by atoms with Crippen molar-refractivity contribution in [3.8, 4) is 0 Å².